The van der Waals surface area contributed by atoms with Crippen molar-refractivity contribution in [1.29, 1.82) is 0 Å². The predicted molar refractivity (Wildman–Crippen MR) is 161 cm³/mol. The molecule has 2 amide bonds. The third kappa shape index (κ3) is 6.87. The van der Waals surface area contributed by atoms with Crippen LogP contribution in [0.2, 0.25) is 0 Å². The second-order valence-electron chi connectivity index (χ2n) is 11.4. The number of piperidine rings is 1. The van der Waals surface area contributed by atoms with Crippen molar-refractivity contribution in [2.45, 2.75) is 60.3 Å². The van der Waals surface area contributed by atoms with Crippen LogP contribution < -0.4 is 0 Å². The SMILES string of the molecule is COC(=O)c1ccc(Sc2ccc(CN3CCC(N4C(=O)N(C5CCOCC5)CC4c4cccc(F)c4)CC3)cn2)cc1. The lowest BCUT2D eigenvalue weighted by Crippen LogP contribution is -2.48. The molecule has 0 radical (unpaired) electrons. The fourth-order valence-electron chi connectivity index (χ4n) is 6.40. The number of urea groups is 1. The summed E-state index contributed by atoms with van der Waals surface area (Å²) >= 11 is 1.55. The number of rotatable bonds is 8. The number of carbonyl (C=O) groups excluding carboxylic acids is 2. The average molecular weight is 605 g/mol. The van der Waals surface area contributed by atoms with E-state index in [4.69, 9.17) is 9.47 Å². The van der Waals surface area contributed by atoms with Gasteiger partial charge in [-0.15, -0.1) is 0 Å². The number of pyridine rings is 1. The summed E-state index contributed by atoms with van der Waals surface area (Å²) in [6.07, 6.45) is 5.37. The fourth-order valence-corrected chi connectivity index (χ4v) is 7.16. The second kappa shape index (κ2) is 13.4. The van der Waals surface area contributed by atoms with E-state index in [9.17, 15) is 14.0 Å². The van der Waals surface area contributed by atoms with E-state index in [1.165, 1.54) is 13.2 Å². The summed E-state index contributed by atoms with van der Waals surface area (Å²) in [6.45, 7) is 4.51. The van der Waals surface area contributed by atoms with Gasteiger partial charge >= 0.3 is 12.0 Å². The molecule has 3 aliphatic rings. The van der Waals surface area contributed by atoms with Gasteiger partial charge in [-0.1, -0.05) is 30.0 Å². The number of benzene rings is 2. The molecule has 0 spiro atoms. The van der Waals surface area contributed by atoms with Gasteiger partial charge in [0.25, 0.3) is 0 Å². The summed E-state index contributed by atoms with van der Waals surface area (Å²) in [5.41, 5.74) is 2.53. The summed E-state index contributed by atoms with van der Waals surface area (Å²) in [5.74, 6) is -0.614. The molecular weight excluding hydrogens is 567 g/mol. The summed E-state index contributed by atoms with van der Waals surface area (Å²) < 4.78 is 24.5. The van der Waals surface area contributed by atoms with Gasteiger partial charge in [-0.05, 0) is 79.3 Å². The third-order valence-corrected chi connectivity index (χ3v) is 9.65. The largest absolute Gasteiger partial charge is 0.465 e. The maximum absolute atomic E-state index is 14.2. The molecule has 0 bridgehead atoms. The first-order chi connectivity index (χ1) is 21.0. The molecule has 3 saturated heterocycles. The van der Waals surface area contributed by atoms with E-state index in [0.717, 1.165) is 66.4 Å². The van der Waals surface area contributed by atoms with E-state index >= 15 is 0 Å². The Balaban J connectivity index is 1.06. The Kier molecular flexibility index (Phi) is 9.25. The highest BCUT2D eigenvalue weighted by molar-refractivity contribution is 7.99. The number of ether oxygens (including phenoxy) is 2. The van der Waals surface area contributed by atoms with Crippen molar-refractivity contribution in [2.75, 3.05) is 40.0 Å². The Morgan fingerprint density at radius 2 is 1.79 bits per heavy atom. The van der Waals surface area contributed by atoms with Gasteiger partial charge in [-0.3, -0.25) is 4.90 Å². The highest BCUT2D eigenvalue weighted by Gasteiger charge is 2.45. The first-order valence-electron chi connectivity index (χ1n) is 14.9. The Bertz CT molecular complexity index is 1410. The lowest BCUT2D eigenvalue weighted by molar-refractivity contribution is 0.0493. The Morgan fingerprint density at radius 3 is 2.47 bits per heavy atom. The van der Waals surface area contributed by atoms with Crippen LogP contribution in [0, 0.1) is 5.82 Å². The van der Waals surface area contributed by atoms with Crippen molar-refractivity contribution in [3.63, 3.8) is 0 Å². The van der Waals surface area contributed by atoms with Gasteiger partial charge in [-0.25, -0.2) is 19.0 Å². The van der Waals surface area contributed by atoms with Gasteiger partial charge in [0.05, 0.1) is 18.7 Å². The normalized spacial score (nSPS) is 20.5. The van der Waals surface area contributed by atoms with Crippen LogP contribution >= 0.6 is 11.8 Å². The molecule has 0 saturated carbocycles. The molecule has 1 atom stereocenters. The number of likely N-dealkylation sites (tertiary alicyclic amines) is 1. The minimum Gasteiger partial charge on any atom is -0.465 e. The van der Waals surface area contributed by atoms with E-state index in [1.54, 1.807) is 36.0 Å². The van der Waals surface area contributed by atoms with Crippen LogP contribution in [-0.2, 0) is 16.0 Å². The number of methoxy groups -OCH3 is 1. The van der Waals surface area contributed by atoms with Crippen molar-refractivity contribution in [3.8, 4) is 0 Å². The molecule has 2 aromatic carbocycles. The van der Waals surface area contributed by atoms with Crippen LogP contribution in [0.1, 0.15) is 53.2 Å². The molecule has 1 unspecified atom stereocenters. The summed E-state index contributed by atoms with van der Waals surface area (Å²) in [7, 11) is 1.37. The topological polar surface area (TPSA) is 75.2 Å². The van der Waals surface area contributed by atoms with E-state index in [2.05, 4.69) is 16.0 Å². The number of aromatic nitrogens is 1. The second-order valence-corrected chi connectivity index (χ2v) is 12.5. The standard InChI is InChI=1S/C33H37FN4O4S/c1-41-32(39)24-6-8-29(9-7-24)43-31-10-5-23(20-35-31)21-36-15-11-28(12-16-36)38-30(25-3-2-4-26(34)19-25)22-37(33(38)40)27-13-17-42-18-14-27/h2-10,19-20,27-28,30H,11-18,21-22H2,1H3. The van der Waals surface area contributed by atoms with Crippen LogP contribution in [-0.4, -0.2) is 83.7 Å². The Hall–Kier alpha value is -3.47. The smallest absolute Gasteiger partial charge is 0.337 e. The fraction of sp³-hybridized carbons (Fsp3) is 0.424. The molecule has 0 N–H and O–H groups in total. The van der Waals surface area contributed by atoms with E-state index in [0.29, 0.717) is 25.3 Å². The van der Waals surface area contributed by atoms with Crippen LogP contribution in [0.5, 0.6) is 0 Å². The van der Waals surface area contributed by atoms with Crippen molar-refractivity contribution in [1.82, 2.24) is 19.7 Å². The minimum atomic E-state index is -0.349. The zero-order chi connectivity index (χ0) is 29.8. The highest BCUT2D eigenvalue weighted by atomic mass is 32.2. The lowest BCUT2D eigenvalue weighted by atomic mass is 9.98. The van der Waals surface area contributed by atoms with Crippen molar-refractivity contribution in [3.05, 3.63) is 89.4 Å². The minimum absolute atomic E-state index is 0.0804. The summed E-state index contributed by atoms with van der Waals surface area (Å²) in [5, 5.41) is 0.887. The lowest BCUT2D eigenvalue weighted by Gasteiger charge is -2.39. The number of hydrogen-bond acceptors (Lipinski definition) is 7. The number of amides is 2. The number of esters is 1. The van der Waals surface area contributed by atoms with E-state index in [-0.39, 0.29) is 35.9 Å². The molecule has 4 heterocycles. The van der Waals surface area contributed by atoms with Crippen LogP contribution in [0.3, 0.4) is 0 Å². The maximum Gasteiger partial charge on any atom is 0.337 e. The monoisotopic (exact) mass is 604 g/mol. The van der Waals surface area contributed by atoms with Crippen molar-refractivity contribution >= 4 is 23.8 Å². The Labute approximate surface area is 256 Å². The van der Waals surface area contributed by atoms with Gasteiger partial charge in [-0.2, -0.15) is 0 Å². The molecule has 1 aromatic heterocycles. The average Bonchev–Trinajstić information content (AvgIpc) is 3.39. The molecule has 3 aromatic rings. The zero-order valence-corrected chi connectivity index (χ0v) is 25.2. The number of carbonyl (C=O) groups is 2. The van der Waals surface area contributed by atoms with Gasteiger partial charge in [0.2, 0.25) is 0 Å². The van der Waals surface area contributed by atoms with Crippen molar-refractivity contribution < 1.29 is 23.5 Å². The van der Waals surface area contributed by atoms with E-state index < -0.39 is 0 Å². The quantitative estimate of drug-likeness (QED) is 0.302. The highest BCUT2D eigenvalue weighted by Crippen LogP contribution is 2.37. The molecule has 3 aliphatic heterocycles. The first-order valence-corrected chi connectivity index (χ1v) is 15.8. The molecule has 3 fully saturated rings. The molecular formula is C33H37FN4O4S. The third-order valence-electron chi connectivity index (χ3n) is 8.69. The first kappa shape index (κ1) is 29.6. The van der Waals surface area contributed by atoms with E-state index in [1.807, 2.05) is 40.3 Å². The van der Waals surface area contributed by atoms with Gasteiger partial charge in [0.1, 0.15) is 10.8 Å². The van der Waals surface area contributed by atoms with Crippen molar-refractivity contribution in [2.24, 2.45) is 0 Å². The van der Waals surface area contributed by atoms with Crippen LogP contribution in [0.25, 0.3) is 0 Å². The molecule has 43 heavy (non-hydrogen) atoms. The number of nitrogens with zero attached hydrogens (tertiary/aromatic N) is 4. The van der Waals surface area contributed by atoms with Gasteiger partial charge in [0.15, 0.2) is 0 Å². The summed E-state index contributed by atoms with van der Waals surface area (Å²) in [4.78, 5) is 37.6. The number of hydrogen-bond donors (Lipinski definition) is 0. The van der Waals surface area contributed by atoms with Crippen LogP contribution in [0.15, 0.2) is 76.8 Å². The van der Waals surface area contributed by atoms with Gasteiger partial charge in [0, 0.05) is 62.6 Å². The number of halogens is 1. The molecule has 10 heteroatoms. The summed E-state index contributed by atoms with van der Waals surface area (Å²) in [6, 6.07) is 18.4. The maximum atomic E-state index is 14.2. The molecule has 6 rings (SSSR count). The predicted octanol–water partition coefficient (Wildman–Crippen LogP) is 5.78. The molecule has 226 valence electrons. The molecule has 0 aliphatic carbocycles. The van der Waals surface area contributed by atoms with Crippen LogP contribution in [0.4, 0.5) is 9.18 Å². The zero-order valence-electron chi connectivity index (χ0n) is 24.4. The molecule has 8 nitrogen and oxygen atoms in total. The Morgan fingerprint density at radius 1 is 1.02 bits per heavy atom. The van der Waals surface area contributed by atoms with Gasteiger partial charge < -0.3 is 19.3 Å².